The van der Waals surface area contributed by atoms with Gasteiger partial charge in [-0.25, -0.2) is 0 Å². The summed E-state index contributed by atoms with van der Waals surface area (Å²) in [6, 6.07) is 4.11. The first-order chi connectivity index (χ1) is 8.81. The fourth-order valence-electron chi connectivity index (χ4n) is 1.84. The summed E-state index contributed by atoms with van der Waals surface area (Å²) in [5.74, 6) is 0. The van der Waals surface area contributed by atoms with Crippen molar-refractivity contribution in [2.75, 3.05) is 0 Å². The van der Waals surface area contributed by atoms with Gasteiger partial charge in [0, 0.05) is 38.6 Å². The molecule has 0 aliphatic carbocycles. The van der Waals surface area contributed by atoms with E-state index in [2.05, 4.69) is 35.4 Å². The van der Waals surface area contributed by atoms with Gasteiger partial charge in [0.2, 0.25) is 0 Å². The maximum atomic E-state index is 4.48. The summed E-state index contributed by atoms with van der Waals surface area (Å²) in [6.45, 7) is 7.72. The molecule has 2 heterocycles. The molecular formula is C13H21N5. The Labute approximate surface area is 108 Å². The maximum Gasteiger partial charge on any atom is 0.0762 e. The highest BCUT2D eigenvalue weighted by Gasteiger charge is 2.00. The van der Waals surface area contributed by atoms with E-state index in [9.17, 15) is 0 Å². The molecule has 0 amide bonds. The molecule has 5 nitrogen and oxygen atoms in total. The Morgan fingerprint density at radius 2 is 1.61 bits per heavy atom. The van der Waals surface area contributed by atoms with Gasteiger partial charge in [0.15, 0.2) is 0 Å². The molecule has 5 heteroatoms. The molecule has 2 aromatic rings. The standard InChI is InChI=1S/C13H21N5/c1-3-7-18-9-6-13(16-18)11-14-10-12-5-8-17(4-2)15-12/h5-6,8-9,14H,3-4,7,10-11H2,1-2H3. The molecule has 0 aliphatic heterocycles. The lowest BCUT2D eigenvalue weighted by Crippen LogP contribution is -2.14. The van der Waals surface area contributed by atoms with E-state index in [1.807, 2.05) is 27.8 Å². The Hall–Kier alpha value is -1.62. The fraction of sp³-hybridized carbons (Fsp3) is 0.538. The van der Waals surface area contributed by atoms with Crippen molar-refractivity contribution in [1.29, 1.82) is 0 Å². The van der Waals surface area contributed by atoms with Crippen LogP contribution in [0.25, 0.3) is 0 Å². The Balaban J connectivity index is 1.77. The molecule has 0 atom stereocenters. The van der Waals surface area contributed by atoms with Gasteiger partial charge in [-0.2, -0.15) is 10.2 Å². The molecular weight excluding hydrogens is 226 g/mol. The third-order valence-corrected chi connectivity index (χ3v) is 2.78. The third kappa shape index (κ3) is 3.43. The molecule has 0 bridgehead atoms. The van der Waals surface area contributed by atoms with Gasteiger partial charge in [-0.3, -0.25) is 9.36 Å². The van der Waals surface area contributed by atoms with Gasteiger partial charge in [-0.1, -0.05) is 6.92 Å². The van der Waals surface area contributed by atoms with Crippen LogP contribution in [0.2, 0.25) is 0 Å². The Morgan fingerprint density at radius 3 is 2.17 bits per heavy atom. The second kappa shape index (κ2) is 6.35. The molecule has 0 unspecified atom stereocenters. The van der Waals surface area contributed by atoms with Crippen molar-refractivity contribution in [2.45, 2.75) is 46.4 Å². The summed E-state index contributed by atoms with van der Waals surface area (Å²) in [5.41, 5.74) is 2.16. The maximum absolute atomic E-state index is 4.48. The number of nitrogens with one attached hydrogen (secondary N) is 1. The van der Waals surface area contributed by atoms with Crippen molar-refractivity contribution in [3.63, 3.8) is 0 Å². The Morgan fingerprint density at radius 1 is 1.00 bits per heavy atom. The lowest BCUT2D eigenvalue weighted by molar-refractivity contribution is 0.577. The molecule has 2 rings (SSSR count). The Kier molecular flexibility index (Phi) is 4.52. The summed E-state index contributed by atoms with van der Waals surface area (Å²) in [5, 5.41) is 12.3. The van der Waals surface area contributed by atoms with Crippen molar-refractivity contribution in [2.24, 2.45) is 0 Å². The summed E-state index contributed by atoms with van der Waals surface area (Å²) < 4.78 is 3.93. The quantitative estimate of drug-likeness (QED) is 0.811. The number of aryl methyl sites for hydroxylation is 2. The summed E-state index contributed by atoms with van der Waals surface area (Å²) in [6.07, 6.45) is 5.16. The minimum atomic E-state index is 0.785. The van der Waals surface area contributed by atoms with Crippen molar-refractivity contribution >= 4 is 0 Å². The highest BCUT2D eigenvalue weighted by atomic mass is 15.3. The zero-order valence-corrected chi connectivity index (χ0v) is 11.1. The normalized spacial score (nSPS) is 11.0. The molecule has 2 aromatic heterocycles. The number of hydrogen-bond acceptors (Lipinski definition) is 3. The predicted molar refractivity (Wildman–Crippen MR) is 71.0 cm³/mol. The van der Waals surface area contributed by atoms with Crippen LogP contribution in [0.1, 0.15) is 31.7 Å². The van der Waals surface area contributed by atoms with Crippen LogP contribution in [-0.2, 0) is 26.2 Å². The zero-order valence-electron chi connectivity index (χ0n) is 11.1. The van der Waals surface area contributed by atoms with Crippen molar-refractivity contribution in [3.05, 3.63) is 35.9 Å². The van der Waals surface area contributed by atoms with Crippen LogP contribution in [0.15, 0.2) is 24.5 Å². The minimum absolute atomic E-state index is 0.785. The van der Waals surface area contributed by atoms with E-state index in [4.69, 9.17) is 0 Å². The highest BCUT2D eigenvalue weighted by molar-refractivity contribution is 5.01. The molecule has 0 saturated carbocycles. The van der Waals surface area contributed by atoms with Crippen LogP contribution in [0, 0.1) is 0 Å². The lowest BCUT2D eigenvalue weighted by Gasteiger charge is -2.00. The molecule has 0 saturated heterocycles. The van der Waals surface area contributed by atoms with Crippen molar-refractivity contribution < 1.29 is 0 Å². The zero-order chi connectivity index (χ0) is 12.8. The first kappa shape index (κ1) is 12.8. The van der Waals surface area contributed by atoms with Crippen LogP contribution >= 0.6 is 0 Å². The summed E-state index contributed by atoms with van der Waals surface area (Å²) in [7, 11) is 0. The first-order valence-corrected chi connectivity index (χ1v) is 6.57. The van der Waals surface area contributed by atoms with Gasteiger partial charge < -0.3 is 5.32 Å². The highest BCUT2D eigenvalue weighted by Crippen LogP contribution is 1.99. The molecule has 98 valence electrons. The van der Waals surface area contributed by atoms with Crippen LogP contribution in [0.5, 0.6) is 0 Å². The topological polar surface area (TPSA) is 47.7 Å². The molecule has 0 spiro atoms. The van der Waals surface area contributed by atoms with Gasteiger partial charge in [-0.15, -0.1) is 0 Å². The number of nitrogens with zero attached hydrogens (tertiary/aromatic N) is 4. The smallest absolute Gasteiger partial charge is 0.0762 e. The second-order valence-corrected chi connectivity index (χ2v) is 4.34. The van der Waals surface area contributed by atoms with E-state index in [-0.39, 0.29) is 0 Å². The first-order valence-electron chi connectivity index (χ1n) is 6.57. The van der Waals surface area contributed by atoms with Crippen LogP contribution in [0.3, 0.4) is 0 Å². The average molecular weight is 247 g/mol. The minimum Gasteiger partial charge on any atom is -0.305 e. The van der Waals surface area contributed by atoms with Crippen LogP contribution in [-0.4, -0.2) is 19.6 Å². The largest absolute Gasteiger partial charge is 0.305 e. The lowest BCUT2D eigenvalue weighted by atomic mass is 10.4. The third-order valence-electron chi connectivity index (χ3n) is 2.78. The van der Waals surface area contributed by atoms with E-state index < -0.39 is 0 Å². The molecule has 1 N–H and O–H groups in total. The predicted octanol–water partition coefficient (Wildman–Crippen LogP) is 1.80. The second-order valence-electron chi connectivity index (χ2n) is 4.34. The molecule has 0 fully saturated rings. The van der Waals surface area contributed by atoms with Crippen molar-refractivity contribution in [3.8, 4) is 0 Å². The number of rotatable bonds is 7. The summed E-state index contributed by atoms with van der Waals surface area (Å²) in [4.78, 5) is 0. The van der Waals surface area contributed by atoms with Gasteiger partial charge in [0.1, 0.15) is 0 Å². The van der Waals surface area contributed by atoms with Crippen LogP contribution < -0.4 is 5.32 Å². The van der Waals surface area contributed by atoms with E-state index in [0.717, 1.165) is 44.0 Å². The molecule has 18 heavy (non-hydrogen) atoms. The molecule has 0 radical (unpaired) electrons. The van der Waals surface area contributed by atoms with Crippen LogP contribution in [0.4, 0.5) is 0 Å². The van der Waals surface area contributed by atoms with E-state index >= 15 is 0 Å². The summed E-state index contributed by atoms with van der Waals surface area (Å²) >= 11 is 0. The van der Waals surface area contributed by atoms with Gasteiger partial charge in [0.05, 0.1) is 11.4 Å². The monoisotopic (exact) mass is 247 g/mol. The molecule has 0 aliphatic rings. The van der Waals surface area contributed by atoms with Gasteiger partial charge in [-0.05, 0) is 25.5 Å². The van der Waals surface area contributed by atoms with Crippen molar-refractivity contribution in [1.82, 2.24) is 24.9 Å². The Bertz CT molecular complexity index is 471. The van der Waals surface area contributed by atoms with E-state index in [0.29, 0.717) is 0 Å². The number of aromatic nitrogens is 4. The molecule has 0 aromatic carbocycles. The van der Waals surface area contributed by atoms with E-state index in [1.165, 1.54) is 0 Å². The van der Waals surface area contributed by atoms with Gasteiger partial charge >= 0.3 is 0 Å². The fourth-order valence-corrected chi connectivity index (χ4v) is 1.84. The average Bonchev–Trinajstić information content (AvgIpc) is 2.99. The SMILES string of the molecule is CCCn1ccc(CNCc2ccn(CC)n2)n1. The van der Waals surface area contributed by atoms with E-state index in [1.54, 1.807) is 0 Å². The van der Waals surface area contributed by atoms with Gasteiger partial charge in [0.25, 0.3) is 0 Å². The number of hydrogen-bond donors (Lipinski definition) is 1.